The largest absolute Gasteiger partial charge is 0.346 e. The van der Waals surface area contributed by atoms with Gasteiger partial charge in [0.2, 0.25) is 0 Å². The van der Waals surface area contributed by atoms with Crippen LogP contribution >= 0.6 is 33.9 Å². The van der Waals surface area contributed by atoms with E-state index < -0.39 is 0 Å². The molecule has 0 saturated heterocycles. The second kappa shape index (κ2) is 5.54. The first-order chi connectivity index (χ1) is 8.16. The Labute approximate surface area is 117 Å². The van der Waals surface area contributed by atoms with E-state index in [2.05, 4.69) is 37.9 Å². The summed E-state index contributed by atoms with van der Waals surface area (Å²) in [6.45, 7) is 2.28. The minimum Gasteiger partial charge on any atom is -0.346 e. The smallest absolute Gasteiger partial charge is 0.263 e. The normalized spacial score (nSPS) is 10.2. The lowest BCUT2D eigenvalue weighted by Crippen LogP contribution is -2.23. The van der Waals surface area contributed by atoms with E-state index in [1.54, 1.807) is 6.20 Å². The quantitative estimate of drug-likeness (QED) is 0.857. The topological polar surface area (TPSA) is 54.9 Å². The maximum absolute atomic E-state index is 11.9. The van der Waals surface area contributed by atoms with Crippen LogP contribution in [-0.4, -0.2) is 15.9 Å². The summed E-state index contributed by atoms with van der Waals surface area (Å²) >= 11 is 3.52. The van der Waals surface area contributed by atoms with Gasteiger partial charge in [0, 0.05) is 6.20 Å². The summed E-state index contributed by atoms with van der Waals surface area (Å²) in [6, 6.07) is 5.62. The van der Waals surface area contributed by atoms with Gasteiger partial charge in [-0.15, -0.1) is 11.3 Å². The van der Waals surface area contributed by atoms with Crippen LogP contribution < -0.4 is 5.32 Å². The van der Waals surface area contributed by atoms with Crippen molar-refractivity contribution in [2.24, 2.45) is 0 Å². The van der Waals surface area contributed by atoms with Gasteiger partial charge in [0.25, 0.3) is 5.91 Å². The number of amides is 1. The molecule has 0 aliphatic carbocycles. The third kappa shape index (κ3) is 3.22. The molecular formula is C11H10IN3OS. The molecule has 0 spiro atoms. The Hall–Kier alpha value is -1.02. The van der Waals surface area contributed by atoms with Crippen LogP contribution in [-0.2, 0) is 6.54 Å². The molecule has 0 bridgehead atoms. The van der Waals surface area contributed by atoms with E-state index in [1.165, 1.54) is 11.3 Å². The van der Waals surface area contributed by atoms with Gasteiger partial charge in [-0.1, -0.05) is 6.07 Å². The van der Waals surface area contributed by atoms with Gasteiger partial charge < -0.3 is 5.32 Å². The number of thiazole rings is 1. The minimum absolute atomic E-state index is 0.0893. The van der Waals surface area contributed by atoms with Crippen LogP contribution in [0.25, 0.3) is 0 Å². The van der Waals surface area contributed by atoms with E-state index in [4.69, 9.17) is 0 Å². The highest BCUT2D eigenvalue weighted by Gasteiger charge is 2.13. The summed E-state index contributed by atoms with van der Waals surface area (Å²) in [5.74, 6) is -0.0893. The maximum atomic E-state index is 11.9. The van der Waals surface area contributed by atoms with Gasteiger partial charge in [-0.05, 0) is 41.6 Å². The molecular weight excluding hydrogens is 349 g/mol. The number of nitrogens with one attached hydrogen (secondary N) is 1. The Morgan fingerprint density at radius 1 is 1.53 bits per heavy atom. The van der Waals surface area contributed by atoms with E-state index in [1.807, 2.05) is 25.1 Å². The fourth-order valence-electron chi connectivity index (χ4n) is 1.33. The molecule has 2 aromatic rings. The van der Waals surface area contributed by atoms with Crippen molar-refractivity contribution in [3.05, 3.63) is 43.7 Å². The molecule has 0 unspecified atom stereocenters. The number of aryl methyl sites for hydroxylation is 1. The van der Waals surface area contributed by atoms with Gasteiger partial charge in [0.15, 0.2) is 3.01 Å². The first kappa shape index (κ1) is 12.4. The third-order valence-electron chi connectivity index (χ3n) is 2.13. The van der Waals surface area contributed by atoms with Gasteiger partial charge >= 0.3 is 0 Å². The second-order valence-corrected chi connectivity index (χ2v) is 6.14. The molecule has 0 aliphatic rings. The van der Waals surface area contributed by atoms with Gasteiger partial charge in [-0.25, -0.2) is 4.98 Å². The minimum atomic E-state index is -0.0893. The van der Waals surface area contributed by atoms with Crippen LogP contribution in [0.15, 0.2) is 24.4 Å². The van der Waals surface area contributed by atoms with Gasteiger partial charge in [0.05, 0.1) is 17.9 Å². The van der Waals surface area contributed by atoms with Crippen molar-refractivity contribution in [3.8, 4) is 0 Å². The molecule has 2 heterocycles. The number of halogens is 1. The van der Waals surface area contributed by atoms with E-state index >= 15 is 0 Å². The standard InChI is InChI=1S/C11H10IN3OS/c1-7-9(17-11(12)15-7)10(16)14-6-8-4-2-3-5-13-8/h2-5H,6H2,1H3,(H,14,16). The number of nitrogens with zero attached hydrogens (tertiary/aromatic N) is 2. The van der Waals surface area contributed by atoms with Crippen molar-refractivity contribution in [1.82, 2.24) is 15.3 Å². The molecule has 0 fully saturated rings. The zero-order valence-corrected chi connectivity index (χ0v) is 12.1. The van der Waals surface area contributed by atoms with Gasteiger partial charge in [-0.2, -0.15) is 0 Å². The monoisotopic (exact) mass is 359 g/mol. The van der Waals surface area contributed by atoms with E-state index in [0.29, 0.717) is 11.4 Å². The van der Waals surface area contributed by atoms with Crippen molar-refractivity contribution in [2.75, 3.05) is 0 Å². The summed E-state index contributed by atoms with van der Waals surface area (Å²) in [6.07, 6.45) is 1.71. The zero-order chi connectivity index (χ0) is 12.3. The fraction of sp³-hybridized carbons (Fsp3) is 0.182. The predicted octanol–water partition coefficient (Wildman–Crippen LogP) is 2.38. The van der Waals surface area contributed by atoms with Crippen LogP contribution in [0.5, 0.6) is 0 Å². The van der Waals surface area contributed by atoms with Crippen molar-refractivity contribution in [2.45, 2.75) is 13.5 Å². The number of carbonyl (C=O) groups excluding carboxylic acids is 1. The van der Waals surface area contributed by atoms with Crippen LogP contribution in [0, 0.1) is 9.94 Å². The summed E-state index contributed by atoms with van der Waals surface area (Å²) < 4.78 is 0.878. The fourth-order valence-corrected chi connectivity index (χ4v) is 3.06. The Balaban J connectivity index is 2.01. The molecule has 0 radical (unpaired) electrons. The van der Waals surface area contributed by atoms with Crippen molar-refractivity contribution in [3.63, 3.8) is 0 Å². The molecule has 88 valence electrons. The summed E-state index contributed by atoms with van der Waals surface area (Å²) in [7, 11) is 0. The lowest BCUT2D eigenvalue weighted by atomic mass is 10.3. The van der Waals surface area contributed by atoms with Crippen molar-refractivity contribution < 1.29 is 4.79 Å². The van der Waals surface area contributed by atoms with E-state index in [9.17, 15) is 4.79 Å². The van der Waals surface area contributed by atoms with Crippen LogP contribution in [0.1, 0.15) is 21.1 Å². The van der Waals surface area contributed by atoms with Crippen LogP contribution in [0.3, 0.4) is 0 Å². The van der Waals surface area contributed by atoms with Gasteiger partial charge in [-0.3, -0.25) is 9.78 Å². The lowest BCUT2D eigenvalue weighted by Gasteiger charge is -2.02. The first-order valence-electron chi connectivity index (χ1n) is 4.98. The SMILES string of the molecule is Cc1nc(I)sc1C(=O)NCc1ccccn1. The molecule has 1 amide bonds. The third-order valence-corrected chi connectivity index (χ3v) is 3.98. The average molecular weight is 359 g/mol. The van der Waals surface area contributed by atoms with E-state index in [-0.39, 0.29) is 5.91 Å². The number of pyridine rings is 1. The maximum Gasteiger partial charge on any atom is 0.263 e. The highest BCUT2D eigenvalue weighted by molar-refractivity contribution is 14.1. The van der Waals surface area contributed by atoms with Gasteiger partial charge in [0.1, 0.15) is 4.88 Å². The summed E-state index contributed by atoms with van der Waals surface area (Å²) in [5.41, 5.74) is 1.62. The molecule has 1 N–H and O–H groups in total. The molecule has 2 aromatic heterocycles. The van der Waals surface area contributed by atoms with E-state index in [0.717, 1.165) is 14.4 Å². The first-order valence-corrected chi connectivity index (χ1v) is 6.87. The van der Waals surface area contributed by atoms with Crippen molar-refractivity contribution in [1.29, 1.82) is 0 Å². The molecule has 4 nitrogen and oxygen atoms in total. The Morgan fingerprint density at radius 2 is 2.35 bits per heavy atom. The number of rotatable bonds is 3. The highest BCUT2D eigenvalue weighted by Crippen LogP contribution is 2.19. The second-order valence-electron chi connectivity index (χ2n) is 3.39. The molecule has 0 aliphatic heterocycles. The average Bonchev–Trinajstić information content (AvgIpc) is 2.67. The number of carbonyl (C=O) groups is 1. The number of aromatic nitrogens is 2. The molecule has 17 heavy (non-hydrogen) atoms. The molecule has 0 saturated carbocycles. The van der Waals surface area contributed by atoms with Crippen molar-refractivity contribution >= 4 is 39.8 Å². The Kier molecular flexibility index (Phi) is 4.06. The Bertz CT molecular complexity index is 527. The highest BCUT2D eigenvalue weighted by atomic mass is 127. The molecule has 0 atom stereocenters. The Morgan fingerprint density at radius 3 is 2.94 bits per heavy atom. The number of hydrogen-bond acceptors (Lipinski definition) is 4. The zero-order valence-electron chi connectivity index (χ0n) is 9.11. The van der Waals surface area contributed by atoms with Crippen LogP contribution in [0.2, 0.25) is 0 Å². The molecule has 0 aromatic carbocycles. The lowest BCUT2D eigenvalue weighted by molar-refractivity contribution is 0.0953. The summed E-state index contributed by atoms with van der Waals surface area (Å²) in [5, 5.41) is 2.84. The summed E-state index contributed by atoms with van der Waals surface area (Å²) in [4.78, 5) is 20.9. The van der Waals surface area contributed by atoms with Crippen LogP contribution in [0.4, 0.5) is 0 Å². The molecule has 6 heteroatoms. The molecule has 2 rings (SSSR count). The predicted molar refractivity (Wildman–Crippen MR) is 75.0 cm³/mol. The number of hydrogen-bond donors (Lipinski definition) is 1.